The van der Waals surface area contributed by atoms with Gasteiger partial charge in [-0.05, 0) is 39.1 Å². The molecule has 1 N–H and O–H groups in total. The number of hydrogen-bond acceptors (Lipinski definition) is 4. The van der Waals surface area contributed by atoms with Gasteiger partial charge >= 0.3 is 0 Å². The number of likely N-dealkylation sites (N-methyl/N-ethyl adjacent to an activating group) is 1. The van der Waals surface area contributed by atoms with E-state index in [9.17, 15) is 8.42 Å². The summed E-state index contributed by atoms with van der Waals surface area (Å²) in [5.74, 6) is 0.233. The molecule has 1 aromatic carbocycles. The SMILES string of the molecule is CC(CN(C)C)NC1CCS(=O)(=O)c2ccccc21. The zero-order valence-corrected chi connectivity index (χ0v) is 12.6. The van der Waals surface area contributed by atoms with Crippen LogP contribution >= 0.6 is 0 Å². The molecule has 106 valence electrons. The molecule has 0 aromatic heterocycles. The summed E-state index contributed by atoms with van der Waals surface area (Å²) >= 11 is 0. The lowest BCUT2D eigenvalue weighted by Gasteiger charge is -2.30. The predicted octanol–water partition coefficient (Wildman–Crippen LogP) is 1.44. The summed E-state index contributed by atoms with van der Waals surface area (Å²) in [5, 5.41) is 3.54. The molecule has 1 aromatic rings. The summed E-state index contributed by atoms with van der Waals surface area (Å²) in [6.45, 7) is 3.07. The zero-order chi connectivity index (χ0) is 14.0. The van der Waals surface area contributed by atoms with Gasteiger partial charge in [0.2, 0.25) is 0 Å². The van der Waals surface area contributed by atoms with Gasteiger partial charge in [0.1, 0.15) is 0 Å². The monoisotopic (exact) mass is 282 g/mol. The first kappa shape index (κ1) is 14.5. The average molecular weight is 282 g/mol. The first-order chi connectivity index (χ1) is 8.90. The molecule has 5 heteroatoms. The Morgan fingerprint density at radius 2 is 2.05 bits per heavy atom. The van der Waals surface area contributed by atoms with Gasteiger partial charge in [-0.15, -0.1) is 0 Å². The molecule has 2 atom stereocenters. The van der Waals surface area contributed by atoms with Gasteiger partial charge in [0.15, 0.2) is 9.84 Å². The minimum atomic E-state index is -3.08. The summed E-state index contributed by atoms with van der Waals surface area (Å²) in [7, 11) is 0.994. The van der Waals surface area contributed by atoms with E-state index in [4.69, 9.17) is 0 Å². The van der Waals surface area contributed by atoms with Crippen LogP contribution in [-0.2, 0) is 9.84 Å². The van der Waals surface area contributed by atoms with Crippen LogP contribution < -0.4 is 5.32 Å². The van der Waals surface area contributed by atoms with Crippen molar-refractivity contribution < 1.29 is 8.42 Å². The highest BCUT2D eigenvalue weighted by atomic mass is 32.2. The minimum Gasteiger partial charge on any atom is -0.308 e. The largest absolute Gasteiger partial charge is 0.308 e. The molecule has 1 aliphatic rings. The standard InChI is InChI=1S/C14H22N2O2S/c1-11(10-16(2)3)15-13-8-9-19(17,18)14-7-5-4-6-12(13)14/h4-7,11,13,15H,8-10H2,1-3H3. The van der Waals surface area contributed by atoms with E-state index in [1.165, 1.54) is 0 Å². The van der Waals surface area contributed by atoms with E-state index in [2.05, 4.69) is 17.1 Å². The average Bonchev–Trinajstić information content (AvgIpc) is 2.32. The number of sulfone groups is 1. The van der Waals surface area contributed by atoms with Gasteiger partial charge in [-0.3, -0.25) is 0 Å². The molecule has 1 aliphatic heterocycles. The summed E-state index contributed by atoms with van der Waals surface area (Å²) in [5.41, 5.74) is 0.916. The molecular weight excluding hydrogens is 260 g/mol. The number of benzene rings is 1. The number of hydrogen-bond donors (Lipinski definition) is 1. The van der Waals surface area contributed by atoms with Crippen LogP contribution in [0.25, 0.3) is 0 Å². The Kier molecular flexibility index (Phi) is 4.28. The second-order valence-corrected chi connectivity index (χ2v) is 7.61. The Morgan fingerprint density at radius 3 is 2.74 bits per heavy atom. The van der Waals surface area contributed by atoms with Gasteiger partial charge in [0, 0.05) is 18.6 Å². The summed E-state index contributed by atoms with van der Waals surface area (Å²) in [4.78, 5) is 2.62. The van der Waals surface area contributed by atoms with Crippen molar-refractivity contribution in [2.75, 3.05) is 26.4 Å². The lowest BCUT2D eigenvalue weighted by molar-refractivity contribution is 0.324. The van der Waals surface area contributed by atoms with Gasteiger partial charge in [0.25, 0.3) is 0 Å². The van der Waals surface area contributed by atoms with Crippen LogP contribution in [0, 0.1) is 0 Å². The molecule has 0 amide bonds. The van der Waals surface area contributed by atoms with Gasteiger partial charge < -0.3 is 10.2 Å². The molecule has 2 unspecified atom stereocenters. The highest BCUT2D eigenvalue weighted by Gasteiger charge is 2.30. The van der Waals surface area contributed by atoms with Gasteiger partial charge in [0.05, 0.1) is 10.6 Å². The van der Waals surface area contributed by atoms with Gasteiger partial charge in [-0.2, -0.15) is 0 Å². The van der Waals surface area contributed by atoms with Gasteiger partial charge in [-0.1, -0.05) is 18.2 Å². The predicted molar refractivity (Wildman–Crippen MR) is 77.0 cm³/mol. The third-order valence-electron chi connectivity index (χ3n) is 3.43. The van der Waals surface area contributed by atoms with Crippen molar-refractivity contribution in [3.8, 4) is 0 Å². The minimum absolute atomic E-state index is 0.134. The molecule has 0 radical (unpaired) electrons. The van der Waals surface area contributed by atoms with Crippen molar-refractivity contribution in [3.05, 3.63) is 29.8 Å². The highest BCUT2D eigenvalue weighted by molar-refractivity contribution is 7.91. The topological polar surface area (TPSA) is 49.4 Å². The molecule has 4 nitrogen and oxygen atoms in total. The second-order valence-electron chi connectivity index (χ2n) is 5.53. The van der Waals surface area contributed by atoms with Crippen molar-refractivity contribution in [2.24, 2.45) is 0 Å². The fraction of sp³-hybridized carbons (Fsp3) is 0.571. The zero-order valence-electron chi connectivity index (χ0n) is 11.8. The summed E-state index contributed by atoms with van der Waals surface area (Å²) in [6.07, 6.45) is 0.650. The molecule has 0 aliphatic carbocycles. The van der Waals surface area contributed by atoms with Crippen LogP contribution in [0.3, 0.4) is 0 Å². The van der Waals surface area contributed by atoms with Crippen molar-refractivity contribution >= 4 is 9.84 Å². The van der Waals surface area contributed by atoms with Crippen molar-refractivity contribution in [3.63, 3.8) is 0 Å². The normalized spacial score (nSPS) is 23.1. The third kappa shape index (κ3) is 3.35. The van der Waals surface area contributed by atoms with Crippen molar-refractivity contribution in [1.82, 2.24) is 10.2 Å². The van der Waals surface area contributed by atoms with E-state index in [0.29, 0.717) is 17.4 Å². The Bertz CT molecular complexity index is 540. The maximum absolute atomic E-state index is 12.0. The Hall–Kier alpha value is -0.910. The number of nitrogens with zero attached hydrogens (tertiary/aromatic N) is 1. The molecule has 0 fully saturated rings. The van der Waals surface area contributed by atoms with E-state index >= 15 is 0 Å². The fourth-order valence-corrected chi connectivity index (χ4v) is 4.33. The van der Waals surface area contributed by atoms with E-state index in [1.54, 1.807) is 12.1 Å². The lowest BCUT2D eigenvalue weighted by atomic mass is 10.0. The molecule has 1 heterocycles. The Labute approximate surface area is 115 Å². The van der Waals surface area contributed by atoms with E-state index < -0.39 is 9.84 Å². The quantitative estimate of drug-likeness (QED) is 0.908. The molecule has 0 spiro atoms. The lowest BCUT2D eigenvalue weighted by Crippen LogP contribution is -2.40. The Morgan fingerprint density at radius 1 is 1.37 bits per heavy atom. The molecular formula is C14H22N2O2S. The van der Waals surface area contributed by atoms with Crippen LogP contribution in [0.2, 0.25) is 0 Å². The summed E-state index contributed by atoms with van der Waals surface area (Å²) in [6, 6.07) is 7.80. The van der Waals surface area contributed by atoms with Gasteiger partial charge in [-0.25, -0.2) is 8.42 Å². The van der Waals surface area contributed by atoms with Crippen LogP contribution in [0.5, 0.6) is 0 Å². The molecule has 0 saturated heterocycles. The molecule has 19 heavy (non-hydrogen) atoms. The number of rotatable bonds is 4. The summed E-state index contributed by atoms with van der Waals surface area (Å²) < 4.78 is 24.1. The van der Waals surface area contributed by atoms with Crippen LogP contribution in [0.15, 0.2) is 29.2 Å². The first-order valence-electron chi connectivity index (χ1n) is 6.62. The fourth-order valence-electron chi connectivity index (χ4n) is 2.71. The van der Waals surface area contributed by atoms with E-state index in [-0.39, 0.29) is 11.8 Å². The highest BCUT2D eigenvalue weighted by Crippen LogP contribution is 2.32. The maximum atomic E-state index is 12.0. The number of fused-ring (bicyclic) bond motifs is 1. The first-order valence-corrected chi connectivity index (χ1v) is 8.28. The maximum Gasteiger partial charge on any atom is 0.178 e. The second kappa shape index (κ2) is 5.61. The molecule has 2 rings (SSSR count). The Balaban J connectivity index is 2.21. The van der Waals surface area contributed by atoms with E-state index in [1.807, 2.05) is 26.2 Å². The van der Waals surface area contributed by atoms with Crippen molar-refractivity contribution in [1.29, 1.82) is 0 Å². The molecule has 0 bridgehead atoms. The number of nitrogens with one attached hydrogen (secondary N) is 1. The smallest absolute Gasteiger partial charge is 0.178 e. The third-order valence-corrected chi connectivity index (χ3v) is 5.24. The van der Waals surface area contributed by atoms with Crippen LogP contribution in [-0.4, -0.2) is 45.8 Å². The van der Waals surface area contributed by atoms with Crippen LogP contribution in [0.4, 0.5) is 0 Å². The van der Waals surface area contributed by atoms with Crippen LogP contribution in [0.1, 0.15) is 24.9 Å². The van der Waals surface area contributed by atoms with E-state index in [0.717, 1.165) is 12.1 Å². The van der Waals surface area contributed by atoms with Crippen molar-refractivity contribution in [2.45, 2.75) is 30.3 Å². The molecule has 0 saturated carbocycles.